The van der Waals surface area contributed by atoms with Gasteiger partial charge in [-0.15, -0.1) is 0 Å². The van der Waals surface area contributed by atoms with Gasteiger partial charge >= 0.3 is 0 Å². The third kappa shape index (κ3) is 2.83. The molecule has 0 aliphatic heterocycles. The van der Waals surface area contributed by atoms with Crippen LogP contribution in [-0.4, -0.2) is 12.6 Å². The second kappa shape index (κ2) is 5.16. The summed E-state index contributed by atoms with van der Waals surface area (Å²) < 4.78 is 0. The minimum Gasteiger partial charge on any atom is -0.301 e. The van der Waals surface area contributed by atoms with Crippen LogP contribution in [0.25, 0.3) is 0 Å². The van der Waals surface area contributed by atoms with Crippen LogP contribution in [0, 0.1) is 17.2 Å². The highest BCUT2D eigenvalue weighted by atomic mass is 14.9. The first-order chi connectivity index (χ1) is 5.84. The van der Waals surface area contributed by atoms with Crippen molar-refractivity contribution in [2.45, 2.75) is 45.1 Å². The molecule has 12 heavy (non-hydrogen) atoms. The fourth-order valence-corrected chi connectivity index (χ4v) is 1.97. The topological polar surface area (TPSA) is 35.8 Å². The van der Waals surface area contributed by atoms with Crippen LogP contribution in [0.2, 0.25) is 0 Å². The molecule has 0 heterocycles. The van der Waals surface area contributed by atoms with Crippen molar-refractivity contribution in [3.8, 4) is 6.07 Å². The second-order valence-electron chi connectivity index (χ2n) is 3.76. The summed E-state index contributed by atoms with van der Waals surface area (Å²) in [5.74, 6) is 0.751. The molecule has 2 atom stereocenters. The van der Waals surface area contributed by atoms with Gasteiger partial charge in [-0.05, 0) is 18.8 Å². The summed E-state index contributed by atoms with van der Waals surface area (Å²) in [5, 5.41) is 11.7. The molecule has 0 saturated heterocycles. The van der Waals surface area contributed by atoms with Crippen LogP contribution in [0.1, 0.15) is 39.0 Å². The standard InChI is InChI=1S/C10H18N2/c1-9-5-3-2-4-6-10(9)12-8-7-11/h9-10,12H,2-6,8H2,1H3. The Balaban J connectivity index is 2.32. The Bertz CT molecular complexity index is 160. The monoisotopic (exact) mass is 166 g/mol. The van der Waals surface area contributed by atoms with Gasteiger partial charge < -0.3 is 5.32 Å². The van der Waals surface area contributed by atoms with E-state index in [4.69, 9.17) is 5.26 Å². The zero-order chi connectivity index (χ0) is 8.81. The van der Waals surface area contributed by atoms with E-state index in [9.17, 15) is 0 Å². The number of nitrogens with zero attached hydrogens (tertiary/aromatic N) is 1. The molecule has 0 aromatic heterocycles. The van der Waals surface area contributed by atoms with Crippen molar-refractivity contribution < 1.29 is 0 Å². The molecule has 0 radical (unpaired) electrons. The molecule has 0 spiro atoms. The van der Waals surface area contributed by atoms with Gasteiger partial charge in [-0.25, -0.2) is 0 Å². The number of nitriles is 1. The van der Waals surface area contributed by atoms with Crippen LogP contribution >= 0.6 is 0 Å². The molecule has 2 unspecified atom stereocenters. The Morgan fingerprint density at radius 2 is 2.08 bits per heavy atom. The lowest BCUT2D eigenvalue weighted by atomic mass is 9.97. The predicted octanol–water partition coefficient (Wildman–Crippen LogP) is 2.07. The highest BCUT2D eigenvalue weighted by Gasteiger charge is 2.18. The quantitative estimate of drug-likeness (QED) is 0.503. The van der Waals surface area contributed by atoms with Crippen molar-refractivity contribution in [2.24, 2.45) is 5.92 Å². The van der Waals surface area contributed by atoms with Crippen LogP contribution in [0.5, 0.6) is 0 Å². The molecule has 0 aromatic rings. The summed E-state index contributed by atoms with van der Waals surface area (Å²) in [6.07, 6.45) is 6.64. The van der Waals surface area contributed by atoms with Crippen molar-refractivity contribution >= 4 is 0 Å². The van der Waals surface area contributed by atoms with E-state index in [2.05, 4.69) is 18.3 Å². The smallest absolute Gasteiger partial charge is 0.0843 e. The van der Waals surface area contributed by atoms with E-state index in [1.165, 1.54) is 32.1 Å². The van der Waals surface area contributed by atoms with Gasteiger partial charge in [0.1, 0.15) is 0 Å². The predicted molar refractivity (Wildman–Crippen MR) is 49.7 cm³/mol. The average molecular weight is 166 g/mol. The van der Waals surface area contributed by atoms with Gasteiger partial charge in [0.05, 0.1) is 12.6 Å². The molecule has 2 nitrogen and oxygen atoms in total. The molecule has 1 rings (SSSR count). The number of nitrogens with one attached hydrogen (secondary N) is 1. The van der Waals surface area contributed by atoms with Crippen molar-refractivity contribution in [2.75, 3.05) is 6.54 Å². The number of hydrogen-bond acceptors (Lipinski definition) is 2. The first-order valence-electron chi connectivity index (χ1n) is 4.95. The zero-order valence-electron chi connectivity index (χ0n) is 7.84. The second-order valence-corrected chi connectivity index (χ2v) is 3.76. The lowest BCUT2D eigenvalue weighted by molar-refractivity contribution is 0.370. The Labute approximate surface area is 75.0 Å². The van der Waals surface area contributed by atoms with Gasteiger partial charge in [-0.3, -0.25) is 0 Å². The van der Waals surface area contributed by atoms with Crippen LogP contribution in [0.3, 0.4) is 0 Å². The Hall–Kier alpha value is -0.550. The van der Waals surface area contributed by atoms with Crippen LogP contribution in [-0.2, 0) is 0 Å². The molecule has 0 aromatic carbocycles. The van der Waals surface area contributed by atoms with Crippen LogP contribution in [0.4, 0.5) is 0 Å². The zero-order valence-corrected chi connectivity index (χ0v) is 7.84. The molecule has 1 fully saturated rings. The molecular weight excluding hydrogens is 148 g/mol. The van der Waals surface area contributed by atoms with E-state index < -0.39 is 0 Å². The molecule has 0 bridgehead atoms. The Kier molecular flexibility index (Phi) is 4.10. The van der Waals surface area contributed by atoms with E-state index in [0.717, 1.165) is 5.92 Å². The fraction of sp³-hybridized carbons (Fsp3) is 0.900. The van der Waals surface area contributed by atoms with E-state index in [1.54, 1.807) is 0 Å². The Morgan fingerprint density at radius 3 is 2.83 bits per heavy atom. The first kappa shape index (κ1) is 9.54. The van der Waals surface area contributed by atoms with Crippen LogP contribution < -0.4 is 5.32 Å². The van der Waals surface area contributed by atoms with Gasteiger partial charge in [-0.2, -0.15) is 5.26 Å². The third-order valence-corrected chi connectivity index (χ3v) is 2.80. The van der Waals surface area contributed by atoms with Gasteiger partial charge in [0, 0.05) is 6.04 Å². The van der Waals surface area contributed by atoms with Crippen molar-refractivity contribution in [3.05, 3.63) is 0 Å². The average Bonchev–Trinajstić information content (AvgIpc) is 2.27. The van der Waals surface area contributed by atoms with Crippen molar-refractivity contribution in [1.82, 2.24) is 5.32 Å². The van der Waals surface area contributed by atoms with E-state index in [0.29, 0.717) is 12.6 Å². The highest BCUT2D eigenvalue weighted by Crippen LogP contribution is 2.22. The SMILES string of the molecule is CC1CCCCCC1NCC#N. The maximum atomic E-state index is 8.44. The third-order valence-electron chi connectivity index (χ3n) is 2.80. The summed E-state index contributed by atoms with van der Waals surface area (Å²) in [6, 6.07) is 2.73. The van der Waals surface area contributed by atoms with Crippen molar-refractivity contribution in [1.29, 1.82) is 5.26 Å². The molecule has 1 aliphatic carbocycles. The molecule has 1 N–H and O–H groups in total. The largest absolute Gasteiger partial charge is 0.301 e. The normalized spacial score (nSPS) is 30.7. The van der Waals surface area contributed by atoms with Gasteiger partial charge in [0.2, 0.25) is 0 Å². The van der Waals surface area contributed by atoms with Crippen LogP contribution in [0.15, 0.2) is 0 Å². The molecule has 1 saturated carbocycles. The molecule has 0 amide bonds. The summed E-state index contributed by atoms with van der Waals surface area (Å²) in [4.78, 5) is 0. The number of hydrogen-bond donors (Lipinski definition) is 1. The molecule has 2 heteroatoms. The summed E-state index contributed by atoms with van der Waals surface area (Å²) >= 11 is 0. The molecular formula is C10H18N2. The molecule has 68 valence electrons. The van der Waals surface area contributed by atoms with E-state index in [1.807, 2.05) is 0 Å². The summed E-state index contributed by atoms with van der Waals surface area (Å²) in [5.41, 5.74) is 0. The van der Waals surface area contributed by atoms with Gasteiger partial charge in [-0.1, -0.05) is 26.2 Å². The van der Waals surface area contributed by atoms with Gasteiger partial charge in [0.25, 0.3) is 0 Å². The molecule has 1 aliphatic rings. The fourth-order valence-electron chi connectivity index (χ4n) is 1.97. The van der Waals surface area contributed by atoms with E-state index in [-0.39, 0.29) is 0 Å². The lowest BCUT2D eigenvalue weighted by Crippen LogP contribution is -2.34. The van der Waals surface area contributed by atoms with Gasteiger partial charge in [0.15, 0.2) is 0 Å². The Morgan fingerprint density at radius 1 is 1.33 bits per heavy atom. The van der Waals surface area contributed by atoms with E-state index >= 15 is 0 Å². The minimum absolute atomic E-state index is 0.509. The lowest BCUT2D eigenvalue weighted by Gasteiger charge is -2.21. The summed E-state index contributed by atoms with van der Waals surface area (Å²) in [7, 11) is 0. The minimum atomic E-state index is 0.509. The first-order valence-corrected chi connectivity index (χ1v) is 4.95. The summed E-state index contributed by atoms with van der Waals surface area (Å²) in [6.45, 7) is 2.80. The maximum absolute atomic E-state index is 8.44. The number of rotatable bonds is 2. The highest BCUT2D eigenvalue weighted by molar-refractivity contribution is 4.82. The maximum Gasteiger partial charge on any atom is 0.0843 e. The van der Waals surface area contributed by atoms with Crippen molar-refractivity contribution in [3.63, 3.8) is 0 Å².